The molecule has 0 aliphatic heterocycles. The van der Waals surface area contributed by atoms with Crippen LogP contribution in [0.3, 0.4) is 0 Å². The molecule has 0 amide bonds. The van der Waals surface area contributed by atoms with Gasteiger partial charge in [-0.25, -0.2) is 13.2 Å². The van der Waals surface area contributed by atoms with Crippen LogP contribution in [0.1, 0.15) is 29.8 Å². The Morgan fingerprint density at radius 2 is 1.48 bits per heavy atom. The quantitative estimate of drug-likeness (QED) is 0.358. The monoisotopic (exact) mass is 521 g/mol. The molecular weight excluding hydrogens is 501 g/mol. The second-order valence-electron chi connectivity index (χ2n) is 6.88. The minimum Gasteiger partial charge on any atom is -0.451 e. The molecule has 3 aromatic carbocycles. The van der Waals surface area contributed by atoms with Crippen LogP contribution >= 0.6 is 22.6 Å². The Kier molecular flexibility index (Phi) is 6.28. The minimum atomic E-state index is -3.66. The number of esters is 1. The molecule has 0 spiro atoms. The summed E-state index contributed by atoms with van der Waals surface area (Å²) >= 11 is 2.10. The number of halogens is 1. The topological polar surface area (TPSA) is 72.5 Å². The third-order valence-corrected chi connectivity index (χ3v) is 6.67. The van der Waals surface area contributed by atoms with Crippen molar-refractivity contribution in [2.75, 3.05) is 4.72 Å². The summed E-state index contributed by atoms with van der Waals surface area (Å²) in [6.07, 6.45) is 0. The predicted octanol–water partition coefficient (Wildman–Crippen LogP) is 5.18. The summed E-state index contributed by atoms with van der Waals surface area (Å²) in [6.45, 7) is 3.59. The minimum absolute atomic E-state index is 0.191. The number of nitrogens with one attached hydrogen (secondary N) is 1. The summed E-state index contributed by atoms with van der Waals surface area (Å²) in [5.41, 5.74) is 0.803. The lowest BCUT2D eigenvalue weighted by Gasteiger charge is -2.26. The van der Waals surface area contributed by atoms with Crippen LogP contribution < -0.4 is 4.72 Å². The van der Waals surface area contributed by atoms with E-state index in [1.54, 1.807) is 68.4 Å². The van der Waals surface area contributed by atoms with Crippen molar-refractivity contribution >= 4 is 44.3 Å². The molecule has 5 nitrogen and oxygen atoms in total. The van der Waals surface area contributed by atoms with Gasteiger partial charge in [-0.2, -0.15) is 0 Å². The van der Waals surface area contributed by atoms with Crippen molar-refractivity contribution in [2.24, 2.45) is 0 Å². The Morgan fingerprint density at radius 1 is 0.897 bits per heavy atom. The number of hydrogen-bond acceptors (Lipinski definition) is 4. The van der Waals surface area contributed by atoms with Crippen LogP contribution in [0.25, 0.3) is 0 Å². The van der Waals surface area contributed by atoms with Crippen LogP contribution in [0, 0.1) is 3.57 Å². The lowest BCUT2D eigenvalue weighted by Crippen LogP contribution is -2.26. The summed E-state index contributed by atoms with van der Waals surface area (Å²) in [5, 5.41) is 0. The Bertz CT molecular complexity index is 1110. The highest BCUT2D eigenvalue weighted by molar-refractivity contribution is 14.1. The molecule has 0 aliphatic rings. The Morgan fingerprint density at radius 3 is 2.10 bits per heavy atom. The van der Waals surface area contributed by atoms with E-state index >= 15 is 0 Å². The first-order chi connectivity index (χ1) is 13.7. The lowest BCUT2D eigenvalue weighted by molar-refractivity contribution is -0.00323. The maximum absolute atomic E-state index is 12.5. The third kappa shape index (κ3) is 5.16. The van der Waals surface area contributed by atoms with Gasteiger partial charge in [0.1, 0.15) is 5.60 Å². The predicted molar refractivity (Wildman–Crippen MR) is 121 cm³/mol. The van der Waals surface area contributed by atoms with Crippen LogP contribution in [0.4, 0.5) is 5.69 Å². The summed E-state index contributed by atoms with van der Waals surface area (Å²) in [5.74, 6) is -0.408. The van der Waals surface area contributed by atoms with Gasteiger partial charge in [-0.15, -0.1) is 0 Å². The number of rotatable bonds is 6. The van der Waals surface area contributed by atoms with E-state index in [0.717, 1.165) is 9.13 Å². The Hall–Kier alpha value is -2.39. The number of carbonyl (C=O) groups is 1. The van der Waals surface area contributed by atoms with E-state index in [-0.39, 0.29) is 4.90 Å². The van der Waals surface area contributed by atoms with Crippen molar-refractivity contribution in [1.29, 1.82) is 0 Å². The fourth-order valence-electron chi connectivity index (χ4n) is 2.73. The highest BCUT2D eigenvalue weighted by Gasteiger charge is 2.27. The van der Waals surface area contributed by atoms with E-state index < -0.39 is 21.6 Å². The zero-order chi connectivity index (χ0) is 21.1. The molecule has 0 fully saturated rings. The molecule has 1 N–H and O–H groups in total. The fourth-order valence-corrected chi connectivity index (χ4v) is 4.41. The lowest BCUT2D eigenvalue weighted by atomic mass is 9.97. The molecule has 0 aliphatic carbocycles. The van der Waals surface area contributed by atoms with Crippen LogP contribution in [-0.2, 0) is 20.4 Å². The molecular formula is C22H20INO4S. The normalized spacial score (nSPS) is 11.7. The Labute approximate surface area is 184 Å². The van der Waals surface area contributed by atoms with Crippen molar-refractivity contribution < 1.29 is 17.9 Å². The van der Waals surface area contributed by atoms with Crippen LogP contribution in [0.5, 0.6) is 0 Å². The Balaban J connectivity index is 1.75. The fraction of sp³-hybridized carbons (Fsp3) is 0.136. The SMILES string of the molecule is CC(C)(OC(=O)c1ccccc1I)c1ccc(NS(=O)(=O)c2ccccc2)cc1. The van der Waals surface area contributed by atoms with Crippen LogP contribution in [-0.4, -0.2) is 14.4 Å². The van der Waals surface area contributed by atoms with Crippen LogP contribution in [0.2, 0.25) is 0 Å². The molecule has 0 aromatic heterocycles. The van der Waals surface area contributed by atoms with Gasteiger partial charge >= 0.3 is 5.97 Å². The van der Waals surface area contributed by atoms with Gasteiger partial charge in [0.15, 0.2) is 0 Å². The molecule has 0 unspecified atom stereocenters. The number of sulfonamides is 1. The zero-order valence-electron chi connectivity index (χ0n) is 15.9. The van der Waals surface area contributed by atoms with Gasteiger partial charge in [-0.1, -0.05) is 42.5 Å². The number of anilines is 1. The van der Waals surface area contributed by atoms with E-state index in [9.17, 15) is 13.2 Å². The van der Waals surface area contributed by atoms with Gasteiger partial charge in [-0.3, -0.25) is 4.72 Å². The molecule has 0 atom stereocenters. The smallest absolute Gasteiger partial charge is 0.340 e. The van der Waals surface area contributed by atoms with Gasteiger partial charge in [0.2, 0.25) is 0 Å². The molecule has 0 heterocycles. The molecule has 0 saturated carbocycles. The zero-order valence-corrected chi connectivity index (χ0v) is 18.9. The molecule has 150 valence electrons. The van der Waals surface area contributed by atoms with Gasteiger partial charge in [0, 0.05) is 9.26 Å². The number of ether oxygens (including phenoxy) is 1. The molecule has 29 heavy (non-hydrogen) atoms. The van der Waals surface area contributed by atoms with Gasteiger partial charge < -0.3 is 4.74 Å². The van der Waals surface area contributed by atoms with Gasteiger partial charge in [0.05, 0.1) is 10.5 Å². The largest absolute Gasteiger partial charge is 0.451 e. The highest BCUT2D eigenvalue weighted by Crippen LogP contribution is 2.28. The number of carbonyl (C=O) groups excluding carboxylic acids is 1. The highest BCUT2D eigenvalue weighted by atomic mass is 127. The summed E-state index contributed by atoms with van der Waals surface area (Å²) in [6, 6.07) is 22.2. The van der Waals surface area contributed by atoms with Crippen molar-refractivity contribution in [2.45, 2.75) is 24.3 Å². The molecule has 3 aromatic rings. The van der Waals surface area contributed by atoms with E-state index in [4.69, 9.17) is 4.74 Å². The van der Waals surface area contributed by atoms with Crippen molar-refractivity contribution in [3.05, 3.63) is 93.6 Å². The average Bonchev–Trinajstić information content (AvgIpc) is 2.69. The van der Waals surface area contributed by atoms with Crippen molar-refractivity contribution in [3.63, 3.8) is 0 Å². The van der Waals surface area contributed by atoms with Crippen molar-refractivity contribution in [1.82, 2.24) is 0 Å². The van der Waals surface area contributed by atoms with Gasteiger partial charge in [-0.05, 0) is 78.4 Å². The first kappa shape index (κ1) is 21.3. The molecule has 0 radical (unpaired) electrons. The van der Waals surface area contributed by atoms with E-state index in [1.807, 2.05) is 12.1 Å². The first-order valence-corrected chi connectivity index (χ1v) is 11.4. The summed E-state index contributed by atoms with van der Waals surface area (Å²) in [7, 11) is -3.66. The van der Waals surface area contributed by atoms with Crippen LogP contribution in [0.15, 0.2) is 83.8 Å². The molecule has 3 rings (SSSR count). The second-order valence-corrected chi connectivity index (χ2v) is 9.72. The third-order valence-electron chi connectivity index (χ3n) is 4.33. The molecule has 7 heteroatoms. The van der Waals surface area contributed by atoms with E-state index in [1.165, 1.54) is 12.1 Å². The average molecular weight is 521 g/mol. The standard InChI is InChI=1S/C22H20INO4S/c1-22(2,28-21(25)19-10-6-7-11-20(19)23)16-12-14-17(15-13-16)24-29(26,27)18-8-4-3-5-9-18/h3-15,24H,1-2H3. The number of hydrogen-bond donors (Lipinski definition) is 1. The van der Waals surface area contributed by atoms with E-state index in [0.29, 0.717) is 11.3 Å². The maximum Gasteiger partial charge on any atom is 0.340 e. The molecule has 0 saturated heterocycles. The maximum atomic E-state index is 12.5. The summed E-state index contributed by atoms with van der Waals surface area (Å²) in [4.78, 5) is 12.7. The summed E-state index contributed by atoms with van der Waals surface area (Å²) < 4.78 is 34.0. The van der Waals surface area contributed by atoms with E-state index in [2.05, 4.69) is 27.3 Å². The number of benzene rings is 3. The first-order valence-electron chi connectivity index (χ1n) is 8.85. The van der Waals surface area contributed by atoms with Gasteiger partial charge in [0.25, 0.3) is 10.0 Å². The molecule has 0 bridgehead atoms. The van der Waals surface area contributed by atoms with Crippen molar-refractivity contribution in [3.8, 4) is 0 Å². The second kappa shape index (κ2) is 8.54.